The number of nitrogens with two attached hydrogens (primary N) is 2. The van der Waals surface area contributed by atoms with Gasteiger partial charge in [-0.25, -0.2) is 4.39 Å². The third-order valence-corrected chi connectivity index (χ3v) is 7.21. The molecule has 8 heteroatoms. The molecule has 3 aromatic carbocycles. The molecule has 0 saturated carbocycles. The van der Waals surface area contributed by atoms with E-state index in [0.717, 1.165) is 5.56 Å². The Bertz CT molecular complexity index is 1500. The highest BCUT2D eigenvalue weighted by Gasteiger charge is 2.32. The predicted molar refractivity (Wildman–Crippen MR) is 141 cm³/mol. The predicted octanol–water partition coefficient (Wildman–Crippen LogP) is 3.80. The molecule has 7 nitrogen and oxygen atoms in total. The van der Waals surface area contributed by atoms with Gasteiger partial charge in [0.1, 0.15) is 11.7 Å². The van der Waals surface area contributed by atoms with Gasteiger partial charge >= 0.3 is 0 Å². The molecule has 0 unspecified atom stereocenters. The zero-order valence-corrected chi connectivity index (χ0v) is 21.1. The molecular formula is C29H29FN4O3. The largest absolute Gasteiger partial charge is 0.392 e. The quantitative estimate of drug-likeness (QED) is 0.504. The summed E-state index contributed by atoms with van der Waals surface area (Å²) in [6.07, 6.45) is 0.481. The van der Waals surface area contributed by atoms with Gasteiger partial charge in [0.2, 0.25) is 5.91 Å². The number of primary amides is 1. The number of aliphatic hydroxyl groups is 1. The van der Waals surface area contributed by atoms with Crippen molar-refractivity contribution in [2.24, 2.45) is 16.5 Å². The van der Waals surface area contributed by atoms with Crippen LogP contribution in [0.5, 0.6) is 0 Å². The van der Waals surface area contributed by atoms with Crippen molar-refractivity contribution in [3.05, 3.63) is 87.2 Å². The summed E-state index contributed by atoms with van der Waals surface area (Å²) in [6, 6.07) is 12.1. The summed E-state index contributed by atoms with van der Waals surface area (Å²) in [7, 11) is 0. The summed E-state index contributed by atoms with van der Waals surface area (Å²) in [5.74, 6) is -1.28. The van der Waals surface area contributed by atoms with E-state index in [1.165, 1.54) is 11.0 Å². The Kier molecular flexibility index (Phi) is 5.87. The molecule has 0 radical (unpaired) electrons. The first-order valence-corrected chi connectivity index (χ1v) is 12.2. The van der Waals surface area contributed by atoms with E-state index in [2.05, 4.69) is 4.99 Å². The molecule has 2 heterocycles. The lowest BCUT2D eigenvalue weighted by atomic mass is 9.83. The molecule has 5 rings (SSSR count). The maximum atomic E-state index is 15.2. The maximum absolute atomic E-state index is 15.2. The Morgan fingerprint density at radius 3 is 2.59 bits per heavy atom. The van der Waals surface area contributed by atoms with E-state index < -0.39 is 17.6 Å². The molecule has 0 aliphatic carbocycles. The number of carbonyl (C=O) groups excluding carboxylic acids is 2. The van der Waals surface area contributed by atoms with Gasteiger partial charge in [-0.1, -0.05) is 39.0 Å². The monoisotopic (exact) mass is 500 g/mol. The van der Waals surface area contributed by atoms with Crippen molar-refractivity contribution in [2.45, 2.75) is 45.8 Å². The summed E-state index contributed by atoms with van der Waals surface area (Å²) < 4.78 is 15.2. The van der Waals surface area contributed by atoms with E-state index in [4.69, 9.17) is 11.5 Å². The number of halogens is 1. The van der Waals surface area contributed by atoms with E-state index in [1.54, 1.807) is 24.3 Å². The summed E-state index contributed by atoms with van der Waals surface area (Å²) >= 11 is 0. The topological polar surface area (TPSA) is 122 Å². The first-order chi connectivity index (χ1) is 17.5. The molecule has 0 saturated heterocycles. The molecule has 2 amide bonds. The fourth-order valence-electron chi connectivity index (χ4n) is 5.19. The van der Waals surface area contributed by atoms with E-state index in [-0.39, 0.29) is 24.1 Å². The number of aliphatic hydroxyl groups excluding tert-OH is 1. The van der Waals surface area contributed by atoms with Crippen molar-refractivity contribution in [2.75, 3.05) is 11.4 Å². The van der Waals surface area contributed by atoms with Gasteiger partial charge in [0.05, 0.1) is 24.4 Å². The Morgan fingerprint density at radius 1 is 1.16 bits per heavy atom. The Morgan fingerprint density at radius 2 is 1.92 bits per heavy atom. The maximum Gasteiger partial charge on any atom is 0.261 e. The van der Waals surface area contributed by atoms with Crippen molar-refractivity contribution in [3.8, 4) is 11.1 Å². The first kappa shape index (κ1) is 24.6. The van der Waals surface area contributed by atoms with Gasteiger partial charge in [0, 0.05) is 23.2 Å². The minimum absolute atomic E-state index is 0.0612. The van der Waals surface area contributed by atoms with Crippen LogP contribution in [0.1, 0.15) is 69.3 Å². The van der Waals surface area contributed by atoms with Crippen LogP contribution in [-0.2, 0) is 25.0 Å². The average Bonchev–Trinajstić information content (AvgIpc) is 3.22. The van der Waals surface area contributed by atoms with Crippen LogP contribution in [0.2, 0.25) is 0 Å². The minimum atomic E-state index is -0.599. The summed E-state index contributed by atoms with van der Waals surface area (Å²) in [6.45, 7) is 6.26. The lowest BCUT2D eigenvalue weighted by Crippen LogP contribution is -2.39. The SMILES string of the molecule is CC(C)(C)c1cc(F)c2c(c1)CCN(c1cccc(-c3cc(C(N)=O)c4c(c3)C(N)=NC4)c1CO)C2=O. The van der Waals surface area contributed by atoms with E-state index >= 15 is 4.39 Å². The number of benzene rings is 3. The third kappa shape index (κ3) is 4.07. The Hall–Kier alpha value is -4.04. The second kappa shape index (κ2) is 8.81. The highest BCUT2D eigenvalue weighted by molar-refractivity contribution is 6.10. The molecule has 37 heavy (non-hydrogen) atoms. The highest BCUT2D eigenvalue weighted by atomic mass is 19.1. The van der Waals surface area contributed by atoms with Gasteiger partial charge in [0.25, 0.3) is 5.91 Å². The molecule has 0 fully saturated rings. The van der Waals surface area contributed by atoms with Crippen molar-refractivity contribution >= 4 is 23.3 Å². The fraction of sp³-hybridized carbons (Fsp3) is 0.276. The number of anilines is 1. The number of fused-ring (bicyclic) bond motifs is 2. The molecule has 0 atom stereocenters. The zero-order chi connectivity index (χ0) is 26.6. The molecule has 0 spiro atoms. The van der Waals surface area contributed by atoms with Gasteiger partial charge < -0.3 is 21.5 Å². The number of rotatable bonds is 4. The minimum Gasteiger partial charge on any atom is -0.392 e. The van der Waals surface area contributed by atoms with Crippen molar-refractivity contribution in [1.82, 2.24) is 0 Å². The van der Waals surface area contributed by atoms with Gasteiger partial charge in [-0.2, -0.15) is 0 Å². The van der Waals surface area contributed by atoms with Gasteiger partial charge in [-0.15, -0.1) is 0 Å². The lowest BCUT2D eigenvalue weighted by Gasteiger charge is -2.32. The summed E-state index contributed by atoms with van der Waals surface area (Å²) in [4.78, 5) is 31.5. The van der Waals surface area contributed by atoms with Crippen molar-refractivity contribution in [3.63, 3.8) is 0 Å². The standard InChI is InChI=1S/C29H29FN4O3/c1-29(2,3)17-9-15-7-8-34(28(37)25(15)23(30)12-17)24-6-4-5-18(22(24)14-35)16-10-19-21(13-33-26(19)31)20(11-16)27(32)36/h4-6,9-12,35H,7-8,13-14H2,1-3H3,(H2,31,33)(H2,32,36). The van der Waals surface area contributed by atoms with Crippen LogP contribution in [0.15, 0.2) is 47.5 Å². The third-order valence-electron chi connectivity index (χ3n) is 7.21. The van der Waals surface area contributed by atoms with Gasteiger partial charge in [0.15, 0.2) is 0 Å². The van der Waals surface area contributed by atoms with Crippen LogP contribution in [0.25, 0.3) is 11.1 Å². The molecule has 3 aromatic rings. The van der Waals surface area contributed by atoms with Crippen LogP contribution < -0.4 is 16.4 Å². The fourth-order valence-corrected chi connectivity index (χ4v) is 5.19. The van der Waals surface area contributed by atoms with Crippen LogP contribution in [0, 0.1) is 5.82 Å². The average molecular weight is 501 g/mol. The molecule has 2 aliphatic heterocycles. The van der Waals surface area contributed by atoms with Gasteiger partial charge in [-0.3, -0.25) is 14.6 Å². The lowest BCUT2D eigenvalue weighted by molar-refractivity contribution is 0.0973. The Labute approximate surface area is 214 Å². The normalized spacial score (nSPS) is 14.9. The number of hydrogen-bond donors (Lipinski definition) is 3. The summed E-state index contributed by atoms with van der Waals surface area (Å²) in [5.41, 5.74) is 16.8. The second-order valence-corrected chi connectivity index (χ2v) is 10.5. The molecule has 0 aromatic heterocycles. The van der Waals surface area contributed by atoms with Crippen molar-refractivity contribution in [1.29, 1.82) is 0 Å². The van der Waals surface area contributed by atoms with Gasteiger partial charge in [-0.05, 0) is 63.9 Å². The molecule has 190 valence electrons. The van der Waals surface area contributed by atoms with E-state index in [1.807, 2.05) is 32.9 Å². The number of nitrogens with zero attached hydrogens (tertiary/aromatic N) is 2. The van der Waals surface area contributed by atoms with Crippen LogP contribution in [-0.4, -0.2) is 29.3 Å². The van der Waals surface area contributed by atoms with Crippen LogP contribution >= 0.6 is 0 Å². The highest BCUT2D eigenvalue weighted by Crippen LogP contribution is 2.38. The number of aliphatic imine (C=N–C) groups is 1. The molecule has 5 N–H and O–H groups in total. The number of hydrogen-bond acceptors (Lipinski definition) is 5. The van der Waals surface area contributed by atoms with Crippen LogP contribution in [0.3, 0.4) is 0 Å². The van der Waals surface area contributed by atoms with E-state index in [0.29, 0.717) is 63.4 Å². The van der Waals surface area contributed by atoms with Crippen LogP contribution in [0.4, 0.5) is 10.1 Å². The second-order valence-electron chi connectivity index (χ2n) is 10.5. The Balaban J connectivity index is 1.61. The molecule has 0 bridgehead atoms. The first-order valence-electron chi connectivity index (χ1n) is 12.2. The molecular weight excluding hydrogens is 471 g/mol. The molecule has 2 aliphatic rings. The smallest absolute Gasteiger partial charge is 0.261 e. The number of amides is 2. The van der Waals surface area contributed by atoms with E-state index in [9.17, 15) is 14.7 Å². The van der Waals surface area contributed by atoms with Crippen molar-refractivity contribution < 1.29 is 19.1 Å². The number of amidine groups is 1. The zero-order valence-electron chi connectivity index (χ0n) is 21.1. The number of carbonyl (C=O) groups is 2. The summed E-state index contributed by atoms with van der Waals surface area (Å²) in [5, 5.41) is 10.4.